The summed E-state index contributed by atoms with van der Waals surface area (Å²) < 4.78 is 9.82. The number of phenolic OH excluding ortho intramolecular Hbond substituents is 1. The lowest BCUT2D eigenvalue weighted by Crippen LogP contribution is -2.35. The van der Waals surface area contributed by atoms with Crippen LogP contribution in [0.25, 0.3) is 6.08 Å². The zero-order chi connectivity index (χ0) is 17.9. The van der Waals surface area contributed by atoms with Gasteiger partial charge in [0.1, 0.15) is 12.2 Å². The van der Waals surface area contributed by atoms with Gasteiger partial charge in [0, 0.05) is 0 Å². The van der Waals surface area contributed by atoms with Crippen molar-refractivity contribution >= 4 is 46.9 Å². The molecule has 1 saturated heterocycles. The van der Waals surface area contributed by atoms with Crippen molar-refractivity contribution in [3.8, 4) is 11.5 Å². The van der Waals surface area contributed by atoms with Gasteiger partial charge in [-0.1, -0.05) is 11.6 Å². The topological polar surface area (TPSA) is 88.1 Å². The number of hydrogen-bond acceptors (Lipinski definition) is 6. The summed E-state index contributed by atoms with van der Waals surface area (Å²) >= 11 is 11.0. The van der Waals surface area contributed by atoms with E-state index in [1.54, 1.807) is 13.0 Å². The minimum Gasteiger partial charge on any atom is -0.503 e. The first kappa shape index (κ1) is 18.0. The Morgan fingerprint density at radius 3 is 2.83 bits per heavy atom. The lowest BCUT2D eigenvalue weighted by Gasteiger charge is -2.11. The van der Waals surface area contributed by atoms with E-state index in [9.17, 15) is 14.7 Å². The standard InChI is InChI=1S/C15H15ClN2O5S/c1-3-23-11-6-8(4-9(16)13(11)20)5-10-14(21)18(15(24)17-10)7-12(19)22-2/h4-6,20H,3,7H2,1-2H3,(H,17,24)/b10-5-. The molecule has 0 aliphatic carbocycles. The number of aromatic hydroxyl groups is 1. The van der Waals surface area contributed by atoms with Gasteiger partial charge in [-0.25, -0.2) is 0 Å². The van der Waals surface area contributed by atoms with Gasteiger partial charge in [-0.05, 0) is 42.9 Å². The third kappa shape index (κ3) is 3.77. The van der Waals surface area contributed by atoms with Gasteiger partial charge in [0.15, 0.2) is 16.6 Å². The summed E-state index contributed by atoms with van der Waals surface area (Å²) in [6.45, 7) is 1.83. The smallest absolute Gasteiger partial charge is 0.325 e. The molecule has 0 atom stereocenters. The summed E-state index contributed by atoms with van der Waals surface area (Å²) in [5.41, 5.74) is 0.702. The highest BCUT2D eigenvalue weighted by molar-refractivity contribution is 7.80. The van der Waals surface area contributed by atoms with E-state index in [0.29, 0.717) is 12.2 Å². The van der Waals surface area contributed by atoms with Crippen LogP contribution in [0.15, 0.2) is 17.8 Å². The van der Waals surface area contributed by atoms with Gasteiger partial charge in [0.05, 0.1) is 18.7 Å². The molecule has 1 aromatic rings. The lowest BCUT2D eigenvalue weighted by molar-refractivity contribution is -0.143. The van der Waals surface area contributed by atoms with Gasteiger partial charge in [-0.3, -0.25) is 14.5 Å². The third-order valence-electron chi connectivity index (χ3n) is 3.14. The molecule has 2 N–H and O–H groups in total. The molecule has 1 heterocycles. The first-order chi connectivity index (χ1) is 11.4. The number of ether oxygens (including phenoxy) is 2. The number of carbonyl (C=O) groups excluding carboxylic acids is 2. The predicted molar refractivity (Wildman–Crippen MR) is 91.7 cm³/mol. The molecule has 128 valence electrons. The number of methoxy groups -OCH3 is 1. The lowest BCUT2D eigenvalue weighted by atomic mass is 10.1. The van der Waals surface area contributed by atoms with Crippen molar-refractivity contribution in [3.63, 3.8) is 0 Å². The quantitative estimate of drug-likeness (QED) is 0.463. The zero-order valence-electron chi connectivity index (χ0n) is 13.0. The molecule has 1 aliphatic heterocycles. The van der Waals surface area contributed by atoms with E-state index in [4.69, 9.17) is 28.6 Å². The Hall–Kier alpha value is -2.32. The van der Waals surface area contributed by atoms with Crippen LogP contribution >= 0.6 is 23.8 Å². The van der Waals surface area contributed by atoms with Crippen LogP contribution in [0.4, 0.5) is 0 Å². The first-order valence-electron chi connectivity index (χ1n) is 6.94. The van der Waals surface area contributed by atoms with E-state index in [2.05, 4.69) is 10.1 Å². The molecule has 7 nitrogen and oxygen atoms in total. The van der Waals surface area contributed by atoms with Gasteiger partial charge >= 0.3 is 5.97 Å². The van der Waals surface area contributed by atoms with Gasteiger partial charge in [-0.15, -0.1) is 0 Å². The van der Waals surface area contributed by atoms with Crippen molar-refractivity contribution in [3.05, 3.63) is 28.4 Å². The molecular formula is C15H15ClN2O5S. The number of phenols is 1. The second-order valence-electron chi connectivity index (χ2n) is 4.74. The summed E-state index contributed by atoms with van der Waals surface area (Å²) in [6.07, 6.45) is 1.50. The van der Waals surface area contributed by atoms with Crippen LogP contribution in [0.3, 0.4) is 0 Å². The second-order valence-corrected chi connectivity index (χ2v) is 5.53. The number of halogens is 1. The zero-order valence-corrected chi connectivity index (χ0v) is 14.5. The fraction of sp³-hybridized carbons (Fsp3) is 0.267. The molecule has 0 bridgehead atoms. The van der Waals surface area contributed by atoms with Crippen molar-refractivity contribution in [1.82, 2.24) is 10.2 Å². The number of thiocarbonyl (C=S) groups is 1. The Bertz CT molecular complexity index is 735. The summed E-state index contributed by atoms with van der Waals surface area (Å²) in [4.78, 5) is 24.8. The summed E-state index contributed by atoms with van der Waals surface area (Å²) in [7, 11) is 1.23. The van der Waals surface area contributed by atoms with Crippen LogP contribution in [0.5, 0.6) is 11.5 Å². The van der Waals surface area contributed by atoms with Crippen molar-refractivity contribution in [2.45, 2.75) is 6.92 Å². The fourth-order valence-electron chi connectivity index (χ4n) is 2.02. The van der Waals surface area contributed by atoms with E-state index in [0.717, 1.165) is 4.90 Å². The summed E-state index contributed by atoms with van der Waals surface area (Å²) in [5, 5.41) is 12.8. The van der Waals surface area contributed by atoms with E-state index in [-0.39, 0.29) is 33.9 Å². The fourth-order valence-corrected chi connectivity index (χ4v) is 2.49. The number of nitrogens with zero attached hydrogens (tertiary/aromatic N) is 1. The minimum absolute atomic E-state index is 0.0900. The molecule has 2 rings (SSSR count). The number of nitrogens with one attached hydrogen (secondary N) is 1. The molecule has 1 amide bonds. The average molecular weight is 371 g/mol. The molecule has 0 radical (unpaired) electrons. The maximum atomic E-state index is 12.3. The SMILES string of the molecule is CCOc1cc(/C=C2\NC(=S)N(CC(=O)OC)C2=O)cc(Cl)c1O. The average Bonchev–Trinajstić information content (AvgIpc) is 2.79. The molecular weight excluding hydrogens is 356 g/mol. The first-order valence-corrected chi connectivity index (χ1v) is 7.72. The molecule has 0 unspecified atom stereocenters. The number of rotatable bonds is 5. The van der Waals surface area contributed by atoms with Crippen molar-refractivity contribution in [2.75, 3.05) is 20.3 Å². The van der Waals surface area contributed by atoms with E-state index in [1.807, 2.05) is 0 Å². The van der Waals surface area contributed by atoms with Gasteiger partial charge in [0.25, 0.3) is 5.91 Å². The van der Waals surface area contributed by atoms with Crippen molar-refractivity contribution < 1.29 is 24.2 Å². The van der Waals surface area contributed by atoms with Crippen LogP contribution in [0, 0.1) is 0 Å². The predicted octanol–water partition coefficient (Wildman–Crippen LogP) is 1.67. The van der Waals surface area contributed by atoms with Crippen LogP contribution in [0.1, 0.15) is 12.5 Å². The maximum Gasteiger partial charge on any atom is 0.325 e. The highest BCUT2D eigenvalue weighted by Crippen LogP contribution is 2.36. The Kier molecular flexibility index (Phi) is 5.63. The largest absolute Gasteiger partial charge is 0.503 e. The maximum absolute atomic E-state index is 12.3. The Morgan fingerprint density at radius 1 is 1.50 bits per heavy atom. The summed E-state index contributed by atoms with van der Waals surface area (Å²) in [5.74, 6) is -1.02. The molecule has 1 aliphatic rings. The molecule has 1 aromatic carbocycles. The number of benzene rings is 1. The molecule has 0 aromatic heterocycles. The number of esters is 1. The highest BCUT2D eigenvalue weighted by atomic mass is 35.5. The van der Waals surface area contributed by atoms with Crippen molar-refractivity contribution in [1.29, 1.82) is 0 Å². The minimum atomic E-state index is -0.583. The molecule has 1 fully saturated rings. The Balaban J connectivity index is 2.30. The van der Waals surface area contributed by atoms with Gasteiger partial charge < -0.3 is 19.9 Å². The van der Waals surface area contributed by atoms with Crippen LogP contribution < -0.4 is 10.1 Å². The van der Waals surface area contributed by atoms with E-state index < -0.39 is 11.9 Å². The van der Waals surface area contributed by atoms with Crippen LogP contribution in [-0.4, -0.2) is 47.3 Å². The second kappa shape index (κ2) is 7.50. The van der Waals surface area contributed by atoms with Crippen molar-refractivity contribution in [2.24, 2.45) is 0 Å². The third-order valence-corrected chi connectivity index (χ3v) is 3.75. The number of carbonyl (C=O) groups is 2. The van der Waals surface area contributed by atoms with Crippen LogP contribution in [0.2, 0.25) is 5.02 Å². The van der Waals surface area contributed by atoms with Gasteiger partial charge in [-0.2, -0.15) is 0 Å². The van der Waals surface area contributed by atoms with E-state index >= 15 is 0 Å². The Labute approximate surface area is 148 Å². The molecule has 9 heteroatoms. The number of hydrogen-bond donors (Lipinski definition) is 2. The Morgan fingerprint density at radius 2 is 2.21 bits per heavy atom. The van der Waals surface area contributed by atoms with Gasteiger partial charge in [0.2, 0.25) is 0 Å². The number of amides is 1. The van der Waals surface area contributed by atoms with Crippen LogP contribution in [-0.2, 0) is 14.3 Å². The van der Waals surface area contributed by atoms with E-state index in [1.165, 1.54) is 19.3 Å². The molecule has 0 saturated carbocycles. The summed E-state index contributed by atoms with van der Waals surface area (Å²) in [6, 6.07) is 3.02. The monoisotopic (exact) mass is 370 g/mol. The molecule has 24 heavy (non-hydrogen) atoms. The normalized spacial score (nSPS) is 15.6. The molecule has 0 spiro atoms. The highest BCUT2D eigenvalue weighted by Gasteiger charge is 2.32.